The molecule has 1 heterocycles. The summed E-state index contributed by atoms with van der Waals surface area (Å²) in [5.74, 6) is -0.549. The number of nitrogens with one attached hydrogen (secondary N) is 1. The van der Waals surface area contributed by atoms with Crippen molar-refractivity contribution in [1.29, 1.82) is 5.26 Å². The van der Waals surface area contributed by atoms with Gasteiger partial charge in [0, 0.05) is 17.5 Å². The largest absolute Gasteiger partial charge is 0.394 e. The van der Waals surface area contributed by atoms with Gasteiger partial charge in [-0.3, -0.25) is 9.35 Å². The molecule has 1 fully saturated rings. The molecule has 0 aromatic heterocycles. The van der Waals surface area contributed by atoms with Gasteiger partial charge in [0.25, 0.3) is 10.1 Å². The summed E-state index contributed by atoms with van der Waals surface area (Å²) < 4.78 is 48.2. The number of aliphatic hydroxyl groups is 1. The van der Waals surface area contributed by atoms with E-state index < -0.39 is 51.1 Å². The van der Waals surface area contributed by atoms with Gasteiger partial charge >= 0.3 is 0 Å². The highest BCUT2D eigenvalue weighted by Crippen LogP contribution is 2.42. The maximum atomic E-state index is 15.6. The summed E-state index contributed by atoms with van der Waals surface area (Å²) in [6.45, 7) is 2.39. The number of carbonyl (C=O) groups is 1. The molecule has 0 aliphatic carbocycles. The summed E-state index contributed by atoms with van der Waals surface area (Å²) >= 11 is 0. The average Bonchev–Trinajstić information content (AvgIpc) is 2.97. The normalized spacial score (nSPS) is 23.3. The Labute approximate surface area is 157 Å². The Morgan fingerprint density at radius 3 is 2.67 bits per heavy atom. The van der Waals surface area contributed by atoms with Crippen LogP contribution in [-0.4, -0.2) is 60.2 Å². The molecule has 2 rings (SSSR count). The standard InChI is InChI=1S/C17H22FN3O5S/c1-16(2,11-22)20-9-15(23)21-10-17(18,7-12(21)8-19)13-5-3-4-6-14(13)27(24,25)26/h3-6,12,20,22H,7,9-11H2,1-2H3,(H,24,25,26)/t12-,17-/m0/s1. The van der Waals surface area contributed by atoms with E-state index in [1.54, 1.807) is 13.8 Å². The summed E-state index contributed by atoms with van der Waals surface area (Å²) in [5.41, 5.74) is -3.32. The lowest BCUT2D eigenvalue weighted by Gasteiger charge is -2.27. The third kappa shape index (κ3) is 4.62. The molecule has 1 aliphatic rings. The summed E-state index contributed by atoms with van der Waals surface area (Å²) in [6, 6.07) is 5.83. The first-order valence-electron chi connectivity index (χ1n) is 8.24. The van der Waals surface area contributed by atoms with Crippen LogP contribution < -0.4 is 5.32 Å². The second kappa shape index (κ2) is 7.52. The molecule has 0 bridgehead atoms. The molecule has 0 unspecified atom stereocenters. The number of hydrogen-bond acceptors (Lipinski definition) is 6. The Bertz CT molecular complexity index is 868. The number of rotatable bonds is 6. The summed E-state index contributed by atoms with van der Waals surface area (Å²) in [7, 11) is -4.67. The van der Waals surface area contributed by atoms with Crippen LogP contribution in [0, 0.1) is 11.3 Å². The number of alkyl halides is 1. The third-order valence-corrected chi connectivity index (χ3v) is 5.46. The minimum absolute atomic E-state index is 0.220. The van der Waals surface area contributed by atoms with E-state index in [1.165, 1.54) is 18.2 Å². The number of nitrogens with zero attached hydrogens (tertiary/aromatic N) is 2. The Morgan fingerprint density at radius 1 is 1.48 bits per heavy atom. The van der Waals surface area contributed by atoms with Gasteiger partial charge in [-0.15, -0.1) is 0 Å². The minimum Gasteiger partial charge on any atom is -0.394 e. The van der Waals surface area contributed by atoms with Crippen LogP contribution in [0.4, 0.5) is 4.39 Å². The van der Waals surface area contributed by atoms with Gasteiger partial charge in [-0.2, -0.15) is 13.7 Å². The fourth-order valence-electron chi connectivity index (χ4n) is 2.97. The Morgan fingerprint density at radius 2 is 2.11 bits per heavy atom. The topological polar surface area (TPSA) is 131 Å². The lowest BCUT2D eigenvalue weighted by Crippen LogP contribution is -2.49. The second-order valence-corrected chi connectivity index (χ2v) is 8.59. The number of carbonyl (C=O) groups excluding carboxylic acids is 1. The molecule has 0 spiro atoms. The first kappa shape index (κ1) is 21.2. The van der Waals surface area contributed by atoms with E-state index in [9.17, 15) is 28.1 Å². The molecule has 0 radical (unpaired) electrons. The molecule has 1 aromatic rings. The number of amides is 1. The van der Waals surface area contributed by atoms with Gasteiger partial charge in [-0.25, -0.2) is 4.39 Å². The maximum Gasteiger partial charge on any atom is 0.294 e. The summed E-state index contributed by atoms with van der Waals surface area (Å²) in [5, 5.41) is 21.4. The zero-order valence-electron chi connectivity index (χ0n) is 15.0. The van der Waals surface area contributed by atoms with Crippen molar-refractivity contribution < 1.29 is 27.3 Å². The molecule has 27 heavy (non-hydrogen) atoms. The molecule has 1 amide bonds. The highest BCUT2D eigenvalue weighted by Gasteiger charge is 2.49. The van der Waals surface area contributed by atoms with Gasteiger partial charge in [0.05, 0.1) is 25.8 Å². The number of nitriles is 1. The lowest BCUT2D eigenvalue weighted by atomic mass is 9.93. The van der Waals surface area contributed by atoms with Gasteiger partial charge in [-0.05, 0) is 19.9 Å². The predicted molar refractivity (Wildman–Crippen MR) is 93.9 cm³/mol. The predicted octanol–water partition coefficient (Wildman–Crippen LogP) is 0.583. The van der Waals surface area contributed by atoms with E-state index >= 15 is 4.39 Å². The first-order valence-corrected chi connectivity index (χ1v) is 9.68. The van der Waals surface area contributed by atoms with Gasteiger partial charge < -0.3 is 15.3 Å². The molecule has 1 aromatic carbocycles. The van der Waals surface area contributed by atoms with Crippen LogP contribution in [0.5, 0.6) is 0 Å². The molecule has 1 saturated heterocycles. The molecule has 0 saturated carbocycles. The zero-order valence-corrected chi connectivity index (χ0v) is 15.8. The van der Waals surface area contributed by atoms with Crippen molar-refractivity contribution in [3.63, 3.8) is 0 Å². The molecule has 2 atom stereocenters. The quantitative estimate of drug-likeness (QED) is 0.597. The number of aliphatic hydroxyl groups excluding tert-OH is 1. The summed E-state index contributed by atoms with van der Waals surface area (Å²) in [6.07, 6.45) is -0.412. The van der Waals surface area contributed by atoms with Crippen molar-refractivity contribution in [3.05, 3.63) is 29.8 Å². The first-order chi connectivity index (χ1) is 12.4. The van der Waals surface area contributed by atoms with Crippen LogP contribution in [0.2, 0.25) is 0 Å². The number of halogens is 1. The van der Waals surface area contributed by atoms with Gasteiger partial charge in [-0.1, -0.05) is 18.2 Å². The molecule has 148 valence electrons. The van der Waals surface area contributed by atoms with Crippen molar-refractivity contribution in [3.8, 4) is 6.07 Å². The lowest BCUT2D eigenvalue weighted by molar-refractivity contribution is -0.131. The number of hydrogen-bond donors (Lipinski definition) is 3. The fourth-order valence-corrected chi connectivity index (χ4v) is 3.75. The third-order valence-electron chi connectivity index (χ3n) is 4.54. The van der Waals surface area contributed by atoms with E-state index in [-0.39, 0.29) is 18.7 Å². The van der Waals surface area contributed by atoms with Gasteiger partial charge in [0.1, 0.15) is 10.9 Å². The summed E-state index contributed by atoms with van der Waals surface area (Å²) in [4.78, 5) is 12.9. The number of benzene rings is 1. The molecule has 1 aliphatic heterocycles. The highest BCUT2D eigenvalue weighted by molar-refractivity contribution is 7.85. The van der Waals surface area contributed by atoms with Crippen LogP contribution in [-0.2, 0) is 20.6 Å². The van der Waals surface area contributed by atoms with Crippen molar-refractivity contribution in [2.24, 2.45) is 0 Å². The zero-order chi connectivity index (χ0) is 20.5. The molecule has 3 N–H and O–H groups in total. The van der Waals surface area contributed by atoms with Crippen LogP contribution in [0.15, 0.2) is 29.2 Å². The average molecular weight is 399 g/mol. The Hall–Kier alpha value is -2.06. The van der Waals surface area contributed by atoms with Gasteiger partial charge in [0.2, 0.25) is 5.91 Å². The van der Waals surface area contributed by atoms with Crippen molar-refractivity contribution in [1.82, 2.24) is 10.2 Å². The Kier molecular flexibility index (Phi) is 5.91. The van der Waals surface area contributed by atoms with E-state index in [0.717, 1.165) is 11.0 Å². The van der Waals surface area contributed by atoms with E-state index in [1.807, 2.05) is 6.07 Å². The molecule has 8 nitrogen and oxygen atoms in total. The molecular weight excluding hydrogens is 377 g/mol. The smallest absolute Gasteiger partial charge is 0.294 e. The molecule has 10 heteroatoms. The van der Waals surface area contributed by atoms with Crippen LogP contribution in [0.1, 0.15) is 25.8 Å². The Balaban J connectivity index is 2.30. The second-order valence-electron chi connectivity index (χ2n) is 7.20. The minimum atomic E-state index is -4.67. The van der Waals surface area contributed by atoms with E-state index in [2.05, 4.69) is 5.32 Å². The van der Waals surface area contributed by atoms with Crippen molar-refractivity contribution >= 4 is 16.0 Å². The van der Waals surface area contributed by atoms with Crippen molar-refractivity contribution in [2.75, 3.05) is 19.7 Å². The van der Waals surface area contributed by atoms with Crippen LogP contribution in [0.3, 0.4) is 0 Å². The van der Waals surface area contributed by atoms with Crippen molar-refractivity contribution in [2.45, 2.75) is 42.4 Å². The SMILES string of the molecule is CC(C)(CO)NCC(=O)N1C[C@](F)(c2ccccc2S(=O)(=O)O)C[C@H]1C#N. The van der Waals surface area contributed by atoms with Gasteiger partial charge in [0.15, 0.2) is 5.67 Å². The van der Waals surface area contributed by atoms with Crippen LogP contribution >= 0.6 is 0 Å². The number of likely N-dealkylation sites (tertiary alicyclic amines) is 1. The maximum absolute atomic E-state index is 15.6. The highest BCUT2D eigenvalue weighted by atomic mass is 32.2. The molecular formula is C17H22FN3O5S. The van der Waals surface area contributed by atoms with E-state index in [0.29, 0.717) is 0 Å². The van der Waals surface area contributed by atoms with Crippen LogP contribution in [0.25, 0.3) is 0 Å². The van der Waals surface area contributed by atoms with E-state index in [4.69, 9.17) is 0 Å². The fraction of sp³-hybridized carbons (Fsp3) is 0.529. The monoisotopic (exact) mass is 399 g/mol.